The van der Waals surface area contributed by atoms with Gasteiger partial charge in [0.15, 0.2) is 6.29 Å². The van der Waals surface area contributed by atoms with Crippen molar-refractivity contribution < 1.29 is 27.4 Å². The van der Waals surface area contributed by atoms with E-state index in [0.717, 1.165) is 30.5 Å². The van der Waals surface area contributed by atoms with Crippen LogP contribution in [-0.4, -0.2) is 53.2 Å². The molecule has 2 aliphatic heterocycles. The molecule has 0 saturated carbocycles. The van der Waals surface area contributed by atoms with Crippen LogP contribution in [0.15, 0.2) is 24.3 Å². The predicted octanol–water partition coefficient (Wildman–Crippen LogP) is 3.66. The molecule has 1 aromatic heterocycles. The van der Waals surface area contributed by atoms with Gasteiger partial charge in [0.1, 0.15) is 0 Å². The molecule has 2 aromatic rings. The van der Waals surface area contributed by atoms with Gasteiger partial charge in [-0.1, -0.05) is 6.07 Å². The van der Waals surface area contributed by atoms with Crippen molar-refractivity contribution >= 4 is 5.91 Å². The van der Waals surface area contributed by atoms with Gasteiger partial charge in [-0.15, -0.1) is 0 Å². The molecule has 2 saturated heterocycles. The minimum Gasteiger partial charge on any atom is -0.350 e. The first-order valence-corrected chi connectivity index (χ1v) is 10.5. The predicted molar refractivity (Wildman–Crippen MR) is 107 cm³/mol. The van der Waals surface area contributed by atoms with Gasteiger partial charge in [-0.05, 0) is 44.9 Å². The number of hydrogen-bond donors (Lipinski definition) is 0. The normalized spacial score (nSPS) is 20.4. The van der Waals surface area contributed by atoms with Gasteiger partial charge in [-0.25, -0.2) is 4.68 Å². The minimum absolute atomic E-state index is 0.0162. The maximum atomic E-state index is 13.1. The van der Waals surface area contributed by atoms with E-state index in [1.165, 1.54) is 10.7 Å². The Balaban J connectivity index is 1.51. The Labute approximate surface area is 178 Å². The summed E-state index contributed by atoms with van der Waals surface area (Å²) in [4.78, 5) is 14.9. The van der Waals surface area contributed by atoms with Crippen molar-refractivity contribution in [3.63, 3.8) is 0 Å². The second kappa shape index (κ2) is 8.63. The number of amides is 1. The van der Waals surface area contributed by atoms with Crippen LogP contribution in [0, 0.1) is 19.8 Å². The monoisotopic (exact) mass is 437 g/mol. The topological polar surface area (TPSA) is 56.6 Å². The van der Waals surface area contributed by atoms with Crippen molar-refractivity contribution in [3.8, 4) is 5.69 Å². The molecule has 1 aromatic carbocycles. The summed E-state index contributed by atoms with van der Waals surface area (Å²) in [5.74, 6) is 0.146. The number of carbonyl (C=O) groups excluding carboxylic acids is 1. The number of carbonyl (C=O) groups is 1. The second-order valence-corrected chi connectivity index (χ2v) is 8.14. The molecule has 3 heterocycles. The summed E-state index contributed by atoms with van der Waals surface area (Å²) in [5, 5.41) is 4.42. The van der Waals surface area contributed by atoms with E-state index < -0.39 is 11.7 Å². The lowest BCUT2D eigenvalue weighted by Crippen LogP contribution is -2.44. The summed E-state index contributed by atoms with van der Waals surface area (Å²) >= 11 is 0. The highest BCUT2D eigenvalue weighted by Gasteiger charge is 2.33. The summed E-state index contributed by atoms with van der Waals surface area (Å²) in [6.45, 7) is 6.00. The Kier molecular flexibility index (Phi) is 6.07. The highest BCUT2D eigenvalue weighted by atomic mass is 19.4. The number of hydrogen-bond acceptors (Lipinski definition) is 4. The molecular weight excluding hydrogens is 411 g/mol. The Hall–Kier alpha value is -2.39. The van der Waals surface area contributed by atoms with Gasteiger partial charge in [-0.3, -0.25) is 4.79 Å². The maximum Gasteiger partial charge on any atom is 0.416 e. The molecule has 0 radical (unpaired) electrons. The highest BCUT2D eigenvalue weighted by Crippen LogP contribution is 2.31. The van der Waals surface area contributed by atoms with Crippen molar-refractivity contribution in [1.82, 2.24) is 14.7 Å². The van der Waals surface area contributed by atoms with Crippen LogP contribution in [-0.2, 0) is 26.9 Å². The molecule has 1 unspecified atom stereocenters. The van der Waals surface area contributed by atoms with Gasteiger partial charge in [0.05, 0.1) is 36.6 Å². The molecule has 1 amide bonds. The average Bonchev–Trinajstić information content (AvgIpc) is 3.38. The number of benzene rings is 1. The van der Waals surface area contributed by atoms with Crippen molar-refractivity contribution in [3.05, 3.63) is 46.8 Å². The number of aryl methyl sites for hydroxylation is 1. The zero-order valence-electron chi connectivity index (χ0n) is 17.6. The standard InChI is InChI=1S/C22H26F3N3O3/c1-14-19(12-20(29)27-8-4-5-16(13-27)21-30-9-10-31-21)15(2)28(26-14)18-7-3-6-17(11-18)22(23,24)25/h3,6-7,11,16,21H,4-5,8-10,12-13H2,1-2H3. The molecule has 2 aliphatic rings. The molecule has 168 valence electrons. The summed E-state index contributed by atoms with van der Waals surface area (Å²) in [6, 6.07) is 5.05. The third-order valence-corrected chi connectivity index (χ3v) is 6.03. The van der Waals surface area contributed by atoms with Gasteiger partial charge < -0.3 is 14.4 Å². The molecule has 0 N–H and O–H groups in total. The number of rotatable bonds is 4. The van der Waals surface area contributed by atoms with E-state index in [2.05, 4.69) is 5.10 Å². The first kappa shape index (κ1) is 21.8. The van der Waals surface area contributed by atoms with E-state index in [1.54, 1.807) is 19.9 Å². The fraction of sp³-hybridized carbons (Fsp3) is 0.545. The lowest BCUT2D eigenvalue weighted by molar-refractivity contribution is -0.139. The minimum atomic E-state index is -4.43. The van der Waals surface area contributed by atoms with Gasteiger partial charge in [0.2, 0.25) is 5.91 Å². The SMILES string of the molecule is Cc1nn(-c2cccc(C(F)(F)F)c2)c(C)c1CC(=O)N1CCCC(C2OCCO2)C1. The summed E-state index contributed by atoms with van der Waals surface area (Å²) in [6.07, 6.45) is -2.66. The van der Waals surface area contributed by atoms with E-state index in [1.807, 2.05) is 4.90 Å². The average molecular weight is 437 g/mol. The molecule has 0 aliphatic carbocycles. The van der Waals surface area contributed by atoms with Crippen molar-refractivity contribution in [2.24, 2.45) is 5.92 Å². The number of alkyl halides is 3. The summed E-state index contributed by atoms with van der Waals surface area (Å²) < 4.78 is 52.0. The van der Waals surface area contributed by atoms with Crippen molar-refractivity contribution in [2.45, 2.75) is 45.6 Å². The first-order valence-electron chi connectivity index (χ1n) is 10.5. The summed E-state index contributed by atoms with van der Waals surface area (Å²) in [5.41, 5.74) is 1.65. The van der Waals surface area contributed by atoms with E-state index in [0.29, 0.717) is 43.4 Å². The van der Waals surface area contributed by atoms with Crippen molar-refractivity contribution in [1.29, 1.82) is 0 Å². The number of aromatic nitrogens is 2. The molecule has 9 heteroatoms. The van der Waals surface area contributed by atoms with E-state index in [-0.39, 0.29) is 24.5 Å². The van der Waals surface area contributed by atoms with Crippen LogP contribution in [0.25, 0.3) is 5.69 Å². The van der Waals surface area contributed by atoms with Crippen LogP contribution in [0.2, 0.25) is 0 Å². The number of halogens is 3. The van der Waals surface area contributed by atoms with Crippen LogP contribution in [0.5, 0.6) is 0 Å². The Bertz CT molecular complexity index is 951. The molecule has 1 atom stereocenters. The number of ether oxygens (including phenoxy) is 2. The van der Waals surface area contributed by atoms with Crippen LogP contribution in [0.3, 0.4) is 0 Å². The molecular formula is C22H26F3N3O3. The zero-order valence-corrected chi connectivity index (χ0v) is 17.6. The Morgan fingerprint density at radius 1 is 1.23 bits per heavy atom. The second-order valence-electron chi connectivity index (χ2n) is 8.14. The van der Waals surface area contributed by atoms with Gasteiger partial charge in [0.25, 0.3) is 0 Å². The Morgan fingerprint density at radius 2 is 1.97 bits per heavy atom. The lowest BCUT2D eigenvalue weighted by Gasteiger charge is -2.34. The summed E-state index contributed by atoms with van der Waals surface area (Å²) in [7, 11) is 0. The number of likely N-dealkylation sites (tertiary alicyclic amines) is 1. The van der Waals surface area contributed by atoms with Crippen LogP contribution >= 0.6 is 0 Å². The lowest BCUT2D eigenvalue weighted by atomic mass is 9.96. The smallest absolute Gasteiger partial charge is 0.350 e. The molecule has 6 nitrogen and oxygen atoms in total. The third kappa shape index (κ3) is 4.62. The van der Waals surface area contributed by atoms with Gasteiger partial charge >= 0.3 is 6.18 Å². The third-order valence-electron chi connectivity index (χ3n) is 6.03. The number of piperidine rings is 1. The fourth-order valence-corrected chi connectivity index (χ4v) is 4.37. The molecule has 2 fully saturated rings. The van der Waals surface area contributed by atoms with Crippen LogP contribution in [0.1, 0.15) is 35.4 Å². The number of nitrogens with zero attached hydrogens (tertiary/aromatic N) is 3. The largest absolute Gasteiger partial charge is 0.416 e. The van der Waals surface area contributed by atoms with E-state index in [9.17, 15) is 18.0 Å². The molecule has 4 rings (SSSR count). The quantitative estimate of drug-likeness (QED) is 0.733. The highest BCUT2D eigenvalue weighted by molar-refractivity contribution is 5.79. The first-order chi connectivity index (χ1) is 14.7. The van der Waals surface area contributed by atoms with Crippen LogP contribution in [0.4, 0.5) is 13.2 Å². The molecule has 0 spiro atoms. The fourth-order valence-electron chi connectivity index (χ4n) is 4.37. The van der Waals surface area contributed by atoms with Crippen LogP contribution < -0.4 is 0 Å². The zero-order chi connectivity index (χ0) is 22.2. The van der Waals surface area contributed by atoms with Crippen molar-refractivity contribution in [2.75, 3.05) is 26.3 Å². The van der Waals surface area contributed by atoms with Gasteiger partial charge in [0, 0.05) is 30.3 Å². The maximum absolute atomic E-state index is 13.1. The van der Waals surface area contributed by atoms with E-state index >= 15 is 0 Å². The molecule has 31 heavy (non-hydrogen) atoms. The van der Waals surface area contributed by atoms with E-state index in [4.69, 9.17) is 9.47 Å². The molecule has 0 bridgehead atoms. The van der Waals surface area contributed by atoms with Gasteiger partial charge in [-0.2, -0.15) is 18.3 Å². The Morgan fingerprint density at radius 3 is 2.68 bits per heavy atom.